The summed E-state index contributed by atoms with van der Waals surface area (Å²) >= 11 is 6.39. The van der Waals surface area contributed by atoms with Gasteiger partial charge in [0.1, 0.15) is 11.3 Å². The Labute approximate surface area is 171 Å². The summed E-state index contributed by atoms with van der Waals surface area (Å²) < 4.78 is 36.9. The monoisotopic (exact) mass is 427 g/mol. The topological polar surface area (TPSA) is 93.8 Å². The van der Waals surface area contributed by atoms with Crippen LogP contribution in [0.2, 0.25) is 5.02 Å². The fourth-order valence-corrected chi connectivity index (χ4v) is 4.12. The standard InChI is InChI=1S/C20H14ClN3O4S/c21-16-8-7-15-17(23-28-29(25,26)27)9-10-24-19(15)18(16)22-20(24)14-6-5-12-3-1-2-4-13(12)11-14/h1-8,11H,9-10H2,(H,25,26,27)/b23-17-. The van der Waals surface area contributed by atoms with Crippen LogP contribution in [-0.2, 0) is 21.2 Å². The van der Waals surface area contributed by atoms with E-state index < -0.39 is 10.4 Å². The van der Waals surface area contributed by atoms with Crippen molar-refractivity contribution in [3.63, 3.8) is 0 Å². The molecule has 4 aromatic rings. The fourth-order valence-electron chi connectivity index (χ4n) is 3.75. The lowest BCUT2D eigenvalue weighted by Gasteiger charge is -2.18. The van der Waals surface area contributed by atoms with Crippen molar-refractivity contribution >= 4 is 49.5 Å². The molecule has 0 unspecified atom stereocenters. The van der Waals surface area contributed by atoms with Crippen molar-refractivity contribution in [2.24, 2.45) is 5.16 Å². The van der Waals surface area contributed by atoms with Crippen molar-refractivity contribution in [2.75, 3.05) is 0 Å². The molecule has 0 bridgehead atoms. The quantitative estimate of drug-likeness (QED) is 0.385. The molecular formula is C20H14ClN3O4S. The Bertz CT molecular complexity index is 1430. The third kappa shape index (κ3) is 3.15. The molecule has 7 nitrogen and oxygen atoms in total. The SMILES string of the molecule is O=S(=O)(O)O/N=C1/CCn2c(-c3ccc4ccccc4c3)nc3c(Cl)ccc1c32. The Balaban J connectivity index is 1.72. The van der Waals surface area contributed by atoms with Gasteiger partial charge in [0.2, 0.25) is 0 Å². The first-order valence-corrected chi connectivity index (χ1v) is 10.6. The predicted octanol–water partition coefficient (Wildman–Crippen LogP) is 4.44. The van der Waals surface area contributed by atoms with Crippen molar-refractivity contribution in [3.05, 3.63) is 65.2 Å². The summed E-state index contributed by atoms with van der Waals surface area (Å²) in [5, 5.41) is 6.36. The lowest BCUT2D eigenvalue weighted by Crippen LogP contribution is -2.17. The minimum Gasteiger partial charge on any atom is -0.323 e. The van der Waals surface area contributed by atoms with Crippen LogP contribution in [0.5, 0.6) is 0 Å². The molecule has 0 radical (unpaired) electrons. The summed E-state index contributed by atoms with van der Waals surface area (Å²) in [7, 11) is -4.67. The summed E-state index contributed by atoms with van der Waals surface area (Å²) in [6.45, 7) is 0.514. The molecule has 1 aromatic heterocycles. The molecule has 0 amide bonds. The minimum atomic E-state index is -4.67. The van der Waals surface area contributed by atoms with Gasteiger partial charge in [0, 0.05) is 24.1 Å². The molecule has 2 heterocycles. The first-order valence-electron chi connectivity index (χ1n) is 8.82. The van der Waals surface area contributed by atoms with Gasteiger partial charge in [-0.15, -0.1) is 0 Å². The second-order valence-electron chi connectivity index (χ2n) is 6.73. The number of fused-ring (bicyclic) bond motifs is 1. The average molecular weight is 428 g/mol. The second-order valence-corrected chi connectivity index (χ2v) is 8.14. The summed E-state index contributed by atoms with van der Waals surface area (Å²) in [4.78, 5) is 4.77. The van der Waals surface area contributed by atoms with Gasteiger partial charge in [-0.1, -0.05) is 53.2 Å². The third-order valence-electron chi connectivity index (χ3n) is 4.98. The van der Waals surface area contributed by atoms with E-state index in [-0.39, 0.29) is 0 Å². The number of nitrogens with zero attached hydrogens (tertiary/aromatic N) is 3. The Hall–Kier alpha value is -2.94. The van der Waals surface area contributed by atoms with Crippen molar-refractivity contribution in [3.8, 4) is 11.4 Å². The zero-order chi connectivity index (χ0) is 20.2. The van der Waals surface area contributed by atoms with Gasteiger partial charge < -0.3 is 4.57 Å². The number of oxime groups is 1. The van der Waals surface area contributed by atoms with Gasteiger partial charge in [-0.2, -0.15) is 8.42 Å². The summed E-state index contributed by atoms with van der Waals surface area (Å²) in [6, 6.07) is 17.7. The maximum Gasteiger partial charge on any atom is 0.466 e. The maximum absolute atomic E-state index is 10.9. The Kier molecular flexibility index (Phi) is 4.09. The lowest BCUT2D eigenvalue weighted by molar-refractivity contribution is 0.281. The van der Waals surface area contributed by atoms with E-state index in [4.69, 9.17) is 21.1 Å². The van der Waals surface area contributed by atoms with Crippen LogP contribution in [0.15, 0.2) is 59.8 Å². The van der Waals surface area contributed by atoms with Crippen LogP contribution in [0.3, 0.4) is 0 Å². The van der Waals surface area contributed by atoms with E-state index in [1.54, 1.807) is 12.1 Å². The number of aromatic nitrogens is 2. The van der Waals surface area contributed by atoms with Crippen LogP contribution in [0.4, 0.5) is 0 Å². The van der Waals surface area contributed by atoms with E-state index in [9.17, 15) is 8.42 Å². The molecule has 1 aliphatic rings. The molecule has 29 heavy (non-hydrogen) atoms. The molecule has 1 aliphatic heterocycles. The molecule has 0 atom stereocenters. The first kappa shape index (κ1) is 18.1. The Morgan fingerprint density at radius 2 is 1.90 bits per heavy atom. The second kappa shape index (κ2) is 6.55. The molecule has 9 heteroatoms. The molecule has 0 aliphatic carbocycles. The zero-order valence-corrected chi connectivity index (χ0v) is 16.5. The van der Waals surface area contributed by atoms with Gasteiger partial charge in [-0.25, -0.2) is 9.27 Å². The molecule has 0 saturated heterocycles. The van der Waals surface area contributed by atoms with E-state index in [1.165, 1.54) is 0 Å². The van der Waals surface area contributed by atoms with Crippen LogP contribution < -0.4 is 0 Å². The number of hydrogen-bond donors (Lipinski definition) is 1. The van der Waals surface area contributed by atoms with Crippen molar-refractivity contribution in [2.45, 2.75) is 13.0 Å². The summed E-state index contributed by atoms with van der Waals surface area (Å²) in [5.74, 6) is 0.773. The Morgan fingerprint density at radius 3 is 2.69 bits per heavy atom. The molecule has 146 valence electrons. The van der Waals surface area contributed by atoms with Crippen molar-refractivity contribution in [1.82, 2.24) is 9.55 Å². The minimum absolute atomic E-state index is 0.404. The Morgan fingerprint density at radius 1 is 1.10 bits per heavy atom. The van der Waals surface area contributed by atoms with Crippen LogP contribution in [0.25, 0.3) is 33.2 Å². The third-order valence-corrected chi connectivity index (χ3v) is 5.55. The van der Waals surface area contributed by atoms with Crippen LogP contribution >= 0.6 is 11.6 Å². The number of rotatable bonds is 3. The van der Waals surface area contributed by atoms with Gasteiger partial charge in [0.05, 0.1) is 16.3 Å². The predicted molar refractivity (Wildman–Crippen MR) is 111 cm³/mol. The van der Waals surface area contributed by atoms with E-state index in [0.29, 0.717) is 34.8 Å². The first-order chi connectivity index (χ1) is 13.9. The molecule has 1 N–H and O–H groups in total. The highest BCUT2D eigenvalue weighted by molar-refractivity contribution is 7.80. The van der Waals surface area contributed by atoms with Crippen molar-refractivity contribution < 1.29 is 17.3 Å². The largest absolute Gasteiger partial charge is 0.466 e. The van der Waals surface area contributed by atoms with Gasteiger partial charge in [0.25, 0.3) is 0 Å². The van der Waals surface area contributed by atoms with E-state index in [2.05, 4.69) is 27.6 Å². The highest BCUT2D eigenvalue weighted by Gasteiger charge is 2.25. The number of imidazole rings is 1. The normalized spacial score (nSPS) is 15.3. The molecule has 0 spiro atoms. The fraction of sp³-hybridized carbons (Fsp3) is 0.100. The number of hydrogen-bond acceptors (Lipinski definition) is 5. The summed E-state index contributed by atoms with van der Waals surface area (Å²) in [6.07, 6.45) is 0.413. The summed E-state index contributed by atoms with van der Waals surface area (Å²) in [5.41, 5.74) is 3.38. The molecule has 5 rings (SSSR count). The van der Waals surface area contributed by atoms with E-state index in [1.807, 2.05) is 28.8 Å². The average Bonchev–Trinajstić information content (AvgIpc) is 3.10. The van der Waals surface area contributed by atoms with Crippen LogP contribution in [0.1, 0.15) is 12.0 Å². The number of aryl methyl sites for hydroxylation is 1. The van der Waals surface area contributed by atoms with E-state index in [0.717, 1.165) is 27.7 Å². The van der Waals surface area contributed by atoms with Gasteiger partial charge in [0.15, 0.2) is 0 Å². The van der Waals surface area contributed by atoms with Gasteiger partial charge in [-0.3, -0.25) is 4.55 Å². The molecule has 0 saturated carbocycles. The maximum atomic E-state index is 10.9. The van der Waals surface area contributed by atoms with Crippen LogP contribution in [-0.4, -0.2) is 28.2 Å². The van der Waals surface area contributed by atoms with E-state index >= 15 is 0 Å². The number of benzene rings is 3. The smallest absolute Gasteiger partial charge is 0.323 e. The highest BCUT2D eigenvalue weighted by Crippen LogP contribution is 2.36. The highest BCUT2D eigenvalue weighted by atomic mass is 35.5. The molecule has 3 aromatic carbocycles. The van der Waals surface area contributed by atoms with Crippen LogP contribution in [0, 0.1) is 0 Å². The zero-order valence-electron chi connectivity index (χ0n) is 14.9. The number of halogens is 1. The lowest BCUT2D eigenvalue weighted by atomic mass is 10.0. The van der Waals surface area contributed by atoms with Gasteiger partial charge >= 0.3 is 10.4 Å². The van der Waals surface area contributed by atoms with Crippen molar-refractivity contribution in [1.29, 1.82) is 0 Å². The molecular weight excluding hydrogens is 414 g/mol. The van der Waals surface area contributed by atoms with Gasteiger partial charge in [-0.05, 0) is 29.0 Å². The molecule has 0 fully saturated rings.